The molecule has 0 saturated carbocycles. The summed E-state index contributed by atoms with van der Waals surface area (Å²) in [6, 6.07) is 3.95. The van der Waals surface area contributed by atoms with Gasteiger partial charge in [-0.1, -0.05) is 42.6 Å². The summed E-state index contributed by atoms with van der Waals surface area (Å²) in [6.45, 7) is 7.57. The quantitative estimate of drug-likeness (QED) is 0.473. The van der Waals surface area contributed by atoms with Gasteiger partial charge in [0.15, 0.2) is 8.32 Å². The Morgan fingerprint density at radius 2 is 1.54 bits per heavy atom. The molecule has 3 heteroatoms. The highest BCUT2D eigenvalue weighted by Crippen LogP contribution is 2.26. The van der Waals surface area contributed by atoms with Crippen LogP contribution in [0.15, 0.2) is 0 Å². The smallest absolute Gasteiger partial charge is 0.193 e. The number of rotatable bonds is 8. The van der Waals surface area contributed by atoms with E-state index >= 15 is 0 Å². The van der Waals surface area contributed by atoms with Crippen LogP contribution >= 0.6 is 15.9 Å². The van der Waals surface area contributed by atoms with Gasteiger partial charge < -0.3 is 4.43 Å². The van der Waals surface area contributed by atoms with Gasteiger partial charge in [0, 0.05) is 11.9 Å². The molecule has 0 atom stereocenters. The lowest BCUT2D eigenvalue weighted by atomic mass is 10.6. The van der Waals surface area contributed by atoms with Crippen LogP contribution in [0.3, 0.4) is 0 Å². The van der Waals surface area contributed by atoms with Crippen molar-refractivity contribution >= 4 is 24.2 Å². The highest BCUT2D eigenvalue weighted by Gasteiger charge is 2.31. The summed E-state index contributed by atoms with van der Waals surface area (Å²) in [5.41, 5.74) is 0. The van der Waals surface area contributed by atoms with E-state index in [0.29, 0.717) is 0 Å². The van der Waals surface area contributed by atoms with Gasteiger partial charge in [0.25, 0.3) is 0 Å². The normalized spacial score (nSPS) is 12.0. The topological polar surface area (TPSA) is 9.23 Å². The van der Waals surface area contributed by atoms with Crippen LogP contribution in [0, 0.1) is 0 Å². The number of hydrogen-bond donors (Lipinski definition) is 0. The van der Waals surface area contributed by atoms with Crippen molar-refractivity contribution in [1.29, 1.82) is 0 Å². The molecule has 13 heavy (non-hydrogen) atoms. The van der Waals surface area contributed by atoms with Crippen LogP contribution in [-0.2, 0) is 4.43 Å². The minimum absolute atomic E-state index is 0.902. The van der Waals surface area contributed by atoms with Crippen molar-refractivity contribution in [3.8, 4) is 0 Å². The third-order valence-corrected chi connectivity index (χ3v) is 8.43. The Kier molecular flexibility index (Phi) is 8.41. The lowest BCUT2D eigenvalue weighted by molar-refractivity contribution is 0.318. The highest BCUT2D eigenvalue weighted by molar-refractivity contribution is 9.09. The maximum atomic E-state index is 6.06. The van der Waals surface area contributed by atoms with Gasteiger partial charge in [-0.2, -0.15) is 0 Å². The first kappa shape index (κ1) is 13.7. The fourth-order valence-electron chi connectivity index (χ4n) is 1.98. The second-order valence-corrected chi connectivity index (χ2v) is 8.50. The van der Waals surface area contributed by atoms with E-state index in [0.717, 1.165) is 11.9 Å². The average molecular weight is 267 g/mol. The molecule has 0 aliphatic heterocycles. The SMILES string of the molecule is CCC[Si](CCC)(CCBr)OCC. The molecule has 0 spiro atoms. The largest absolute Gasteiger partial charge is 0.417 e. The van der Waals surface area contributed by atoms with E-state index in [1.54, 1.807) is 0 Å². The first-order valence-corrected chi connectivity index (χ1v) is 9.09. The van der Waals surface area contributed by atoms with Gasteiger partial charge in [-0.3, -0.25) is 0 Å². The molecule has 0 fully saturated rings. The van der Waals surface area contributed by atoms with E-state index in [1.165, 1.54) is 31.0 Å². The Hall–Kier alpha value is 0.657. The van der Waals surface area contributed by atoms with Crippen molar-refractivity contribution in [1.82, 2.24) is 0 Å². The molecule has 0 aromatic heterocycles. The molecular weight excluding hydrogens is 244 g/mol. The molecule has 0 amide bonds. The summed E-state index contributed by atoms with van der Waals surface area (Å²) in [7, 11) is -1.34. The summed E-state index contributed by atoms with van der Waals surface area (Å²) >= 11 is 3.55. The van der Waals surface area contributed by atoms with Crippen LogP contribution in [0.5, 0.6) is 0 Å². The van der Waals surface area contributed by atoms with Gasteiger partial charge >= 0.3 is 0 Å². The zero-order valence-corrected chi connectivity index (χ0v) is 11.8. The van der Waals surface area contributed by atoms with Crippen molar-refractivity contribution in [3.63, 3.8) is 0 Å². The molecule has 0 saturated heterocycles. The monoisotopic (exact) mass is 266 g/mol. The molecule has 0 heterocycles. The maximum Gasteiger partial charge on any atom is 0.193 e. The van der Waals surface area contributed by atoms with Gasteiger partial charge in [-0.05, 0) is 25.1 Å². The van der Waals surface area contributed by atoms with Crippen molar-refractivity contribution < 1.29 is 4.43 Å². The maximum absolute atomic E-state index is 6.06. The van der Waals surface area contributed by atoms with E-state index in [2.05, 4.69) is 36.7 Å². The minimum atomic E-state index is -1.34. The number of alkyl halides is 1. The Labute approximate surface area is 92.5 Å². The molecule has 0 aromatic carbocycles. The predicted molar refractivity (Wildman–Crippen MR) is 66.2 cm³/mol. The van der Waals surface area contributed by atoms with Crippen LogP contribution in [-0.4, -0.2) is 20.3 Å². The van der Waals surface area contributed by atoms with E-state index in [1.807, 2.05) is 0 Å². The van der Waals surface area contributed by atoms with Gasteiger partial charge in [-0.25, -0.2) is 0 Å². The van der Waals surface area contributed by atoms with Crippen LogP contribution in [0.4, 0.5) is 0 Å². The van der Waals surface area contributed by atoms with Gasteiger partial charge in [0.2, 0.25) is 0 Å². The molecule has 0 radical (unpaired) electrons. The van der Waals surface area contributed by atoms with Crippen LogP contribution in [0.1, 0.15) is 33.6 Å². The van der Waals surface area contributed by atoms with E-state index in [-0.39, 0.29) is 0 Å². The summed E-state index contributed by atoms with van der Waals surface area (Å²) in [6.07, 6.45) is 2.55. The zero-order chi connectivity index (χ0) is 10.2. The zero-order valence-electron chi connectivity index (χ0n) is 9.24. The molecular formula is C10H23BrOSi. The summed E-state index contributed by atoms with van der Waals surface area (Å²) in [4.78, 5) is 0. The van der Waals surface area contributed by atoms with Crippen molar-refractivity contribution in [3.05, 3.63) is 0 Å². The summed E-state index contributed by atoms with van der Waals surface area (Å²) in [5.74, 6) is 0. The molecule has 0 aromatic rings. The van der Waals surface area contributed by atoms with Crippen molar-refractivity contribution in [2.24, 2.45) is 0 Å². The first-order chi connectivity index (χ1) is 6.24. The summed E-state index contributed by atoms with van der Waals surface area (Å²) < 4.78 is 6.06. The molecule has 0 bridgehead atoms. The average Bonchev–Trinajstić information content (AvgIpc) is 2.06. The van der Waals surface area contributed by atoms with Gasteiger partial charge in [-0.15, -0.1) is 0 Å². The second-order valence-electron chi connectivity index (χ2n) is 3.56. The number of halogens is 1. The molecule has 0 aliphatic rings. The third kappa shape index (κ3) is 5.18. The molecule has 0 rings (SSSR count). The molecule has 0 aliphatic carbocycles. The third-order valence-electron chi connectivity index (χ3n) is 2.41. The molecule has 80 valence electrons. The van der Waals surface area contributed by atoms with Crippen molar-refractivity contribution in [2.45, 2.75) is 51.7 Å². The lowest BCUT2D eigenvalue weighted by Gasteiger charge is -2.30. The number of hydrogen-bond acceptors (Lipinski definition) is 1. The standard InChI is InChI=1S/C10H23BrOSi/c1-4-8-13(9-5-2,10-7-11)12-6-3/h4-10H2,1-3H3. The van der Waals surface area contributed by atoms with E-state index < -0.39 is 8.32 Å². The molecule has 0 unspecified atom stereocenters. The van der Waals surface area contributed by atoms with Gasteiger partial charge in [0.1, 0.15) is 0 Å². The molecule has 0 N–H and O–H groups in total. The summed E-state index contributed by atoms with van der Waals surface area (Å²) in [5, 5.41) is 1.11. The second kappa shape index (κ2) is 8.01. The Balaban J connectivity index is 4.19. The highest BCUT2D eigenvalue weighted by atomic mass is 79.9. The van der Waals surface area contributed by atoms with Crippen LogP contribution in [0.2, 0.25) is 18.1 Å². The Morgan fingerprint density at radius 3 is 1.85 bits per heavy atom. The van der Waals surface area contributed by atoms with Crippen LogP contribution in [0.25, 0.3) is 0 Å². The van der Waals surface area contributed by atoms with Crippen molar-refractivity contribution in [2.75, 3.05) is 11.9 Å². The fourth-order valence-corrected chi connectivity index (χ4v) is 8.11. The Bertz CT molecular complexity index is 90.0. The first-order valence-electron chi connectivity index (χ1n) is 5.44. The fraction of sp³-hybridized carbons (Fsp3) is 1.00. The van der Waals surface area contributed by atoms with E-state index in [9.17, 15) is 0 Å². The van der Waals surface area contributed by atoms with Crippen LogP contribution < -0.4 is 0 Å². The Morgan fingerprint density at radius 1 is 1.00 bits per heavy atom. The van der Waals surface area contributed by atoms with Gasteiger partial charge in [0.05, 0.1) is 0 Å². The minimum Gasteiger partial charge on any atom is -0.417 e. The lowest BCUT2D eigenvalue weighted by Crippen LogP contribution is -2.38. The molecule has 1 nitrogen and oxygen atoms in total. The van der Waals surface area contributed by atoms with E-state index in [4.69, 9.17) is 4.43 Å². The predicted octanol–water partition coefficient (Wildman–Crippen LogP) is 4.18.